The zero-order valence-corrected chi connectivity index (χ0v) is 23.1. The number of nitrogens with one attached hydrogen (secondary N) is 4. The Hall–Kier alpha value is -3.58. The second kappa shape index (κ2) is 14.2. The summed E-state index contributed by atoms with van der Waals surface area (Å²) in [6.07, 6.45) is -2.35. The van der Waals surface area contributed by atoms with E-state index in [1.807, 2.05) is 0 Å². The standard InChI is InChI=1S/C23H41N5O9/c1-21(2,3)35-18(32)26-14(16(31)25-13-15(29)30)11-10-12-24-17(27-19(33)36-22(4,5)6)28-20(34)37-23(7,8)9/h14H,10-13H2,1-9H3,(H,25,31)(H,26,32)(H,29,30)(H2,24,27,28,33,34)/t14-/m0/s1. The third-order valence-corrected chi connectivity index (χ3v) is 3.58. The molecule has 0 fully saturated rings. The third-order valence-electron chi connectivity index (χ3n) is 3.58. The molecule has 0 saturated heterocycles. The van der Waals surface area contributed by atoms with E-state index in [1.165, 1.54) is 0 Å². The fourth-order valence-corrected chi connectivity index (χ4v) is 2.40. The summed E-state index contributed by atoms with van der Waals surface area (Å²) in [6.45, 7) is 14.3. The van der Waals surface area contributed by atoms with Crippen molar-refractivity contribution >= 4 is 36.1 Å². The lowest BCUT2D eigenvalue weighted by atomic mass is 10.1. The lowest BCUT2D eigenvalue weighted by Crippen LogP contribution is -2.49. The summed E-state index contributed by atoms with van der Waals surface area (Å²) in [5.74, 6) is -2.22. The van der Waals surface area contributed by atoms with Crippen molar-refractivity contribution in [1.82, 2.24) is 21.3 Å². The lowest BCUT2D eigenvalue weighted by Gasteiger charge is -2.23. The molecule has 5 N–H and O–H groups in total. The minimum Gasteiger partial charge on any atom is -0.480 e. The number of carboxylic acid groups (broad SMARTS) is 1. The van der Waals surface area contributed by atoms with Crippen LogP contribution in [0.4, 0.5) is 14.4 Å². The average molecular weight is 532 g/mol. The molecule has 37 heavy (non-hydrogen) atoms. The van der Waals surface area contributed by atoms with E-state index in [1.54, 1.807) is 62.3 Å². The predicted molar refractivity (Wildman–Crippen MR) is 134 cm³/mol. The van der Waals surface area contributed by atoms with E-state index in [-0.39, 0.29) is 25.3 Å². The number of guanidine groups is 1. The van der Waals surface area contributed by atoms with E-state index in [4.69, 9.17) is 19.3 Å². The number of aliphatic imine (C=N–C) groups is 1. The van der Waals surface area contributed by atoms with Crippen molar-refractivity contribution in [2.75, 3.05) is 13.1 Å². The van der Waals surface area contributed by atoms with E-state index in [0.29, 0.717) is 0 Å². The summed E-state index contributed by atoms with van der Waals surface area (Å²) in [4.78, 5) is 63.8. The number of aliphatic carboxylic acids is 1. The van der Waals surface area contributed by atoms with Crippen molar-refractivity contribution < 1.29 is 43.3 Å². The molecule has 1 atom stereocenters. The van der Waals surface area contributed by atoms with Crippen LogP contribution in [-0.2, 0) is 23.8 Å². The van der Waals surface area contributed by atoms with Crippen LogP contribution in [0.5, 0.6) is 0 Å². The van der Waals surface area contributed by atoms with Gasteiger partial charge in [0, 0.05) is 6.54 Å². The number of carboxylic acids is 1. The van der Waals surface area contributed by atoms with Crippen molar-refractivity contribution in [3.8, 4) is 0 Å². The number of hydrogen-bond acceptors (Lipinski definition) is 9. The summed E-state index contributed by atoms with van der Waals surface area (Å²) in [6, 6.07) is -1.12. The van der Waals surface area contributed by atoms with Gasteiger partial charge in [0.1, 0.15) is 29.4 Å². The Balaban J connectivity index is 5.40. The van der Waals surface area contributed by atoms with E-state index >= 15 is 0 Å². The van der Waals surface area contributed by atoms with Crippen LogP contribution >= 0.6 is 0 Å². The molecule has 0 aromatic heterocycles. The number of nitrogens with zero attached hydrogens (tertiary/aromatic N) is 1. The van der Waals surface area contributed by atoms with Crippen molar-refractivity contribution in [2.45, 2.75) is 98.0 Å². The molecule has 0 aromatic rings. The quantitative estimate of drug-likeness (QED) is 0.135. The van der Waals surface area contributed by atoms with Crippen LogP contribution in [0.2, 0.25) is 0 Å². The van der Waals surface area contributed by atoms with Crippen molar-refractivity contribution in [3.63, 3.8) is 0 Å². The Bertz CT molecular complexity index is 820. The average Bonchev–Trinajstić information content (AvgIpc) is 2.63. The number of hydrogen-bond donors (Lipinski definition) is 5. The number of amides is 4. The van der Waals surface area contributed by atoms with E-state index in [9.17, 15) is 24.0 Å². The van der Waals surface area contributed by atoms with Gasteiger partial charge in [-0.25, -0.2) is 14.4 Å². The van der Waals surface area contributed by atoms with Crippen LogP contribution in [0.3, 0.4) is 0 Å². The van der Waals surface area contributed by atoms with E-state index in [2.05, 4.69) is 26.3 Å². The third kappa shape index (κ3) is 19.3. The highest BCUT2D eigenvalue weighted by Gasteiger charge is 2.25. The maximum atomic E-state index is 12.4. The second-order valence-electron chi connectivity index (χ2n) is 10.9. The molecule has 0 aliphatic heterocycles. The van der Waals surface area contributed by atoms with Gasteiger partial charge in [-0.3, -0.25) is 25.2 Å². The molecule has 0 bridgehead atoms. The van der Waals surface area contributed by atoms with Gasteiger partial charge < -0.3 is 30.0 Å². The normalized spacial score (nSPS) is 12.4. The van der Waals surface area contributed by atoms with Crippen LogP contribution in [0.1, 0.15) is 75.2 Å². The Morgan fingerprint density at radius 3 is 1.59 bits per heavy atom. The van der Waals surface area contributed by atoms with Gasteiger partial charge in [-0.05, 0) is 75.2 Å². The SMILES string of the molecule is CC(C)(C)OC(=O)NC(=NCCC[C@H](NC(=O)OC(C)(C)C)C(=O)NCC(=O)O)NC(=O)OC(C)(C)C. The summed E-state index contributed by atoms with van der Waals surface area (Å²) in [7, 11) is 0. The summed E-state index contributed by atoms with van der Waals surface area (Å²) in [5.41, 5.74) is -2.41. The maximum absolute atomic E-state index is 12.4. The molecule has 0 unspecified atom stereocenters. The summed E-state index contributed by atoms with van der Waals surface area (Å²) < 4.78 is 15.5. The Kier molecular flexibility index (Phi) is 12.9. The van der Waals surface area contributed by atoms with Crippen LogP contribution in [-0.4, -0.2) is 77.2 Å². The summed E-state index contributed by atoms with van der Waals surface area (Å²) >= 11 is 0. The number of carbonyl (C=O) groups is 5. The highest BCUT2D eigenvalue weighted by atomic mass is 16.6. The van der Waals surface area contributed by atoms with Crippen molar-refractivity contribution in [3.05, 3.63) is 0 Å². The maximum Gasteiger partial charge on any atom is 0.414 e. The zero-order valence-electron chi connectivity index (χ0n) is 23.1. The second-order valence-corrected chi connectivity index (χ2v) is 10.9. The number of ether oxygens (including phenoxy) is 3. The minimum absolute atomic E-state index is 0.000359. The molecule has 212 valence electrons. The first-order valence-corrected chi connectivity index (χ1v) is 11.7. The fraction of sp³-hybridized carbons (Fsp3) is 0.739. The van der Waals surface area contributed by atoms with E-state index < -0.39 is 59.5 Å². The van der Waals surface area contributed by atoms with Gasteiger partial charge in [-0.15, -0.1) is 0 Å². The molecule has 14 heteroatoms. The van der Waals surface area contributed by atoms with Crippen molar-refractivity contribution in [2.24, 2.45) is 4.99 Å². The lowest BCUT2D eigenvalue weighted by molar-refractivity contribution is -0.138. The van der Waals surface area contributed by atoms with Gasteiger partial charge >= 0.3 is 24.2 Å². The molecular formula is C23H41N5O9. The van der Waals surface area contributed by atoms with Crippen LogP contribution in [0.25, 0.3) is 0 Å². The first-order chi connectivity index (χ1) is 16.7. The smallest absolute Gasteiger partial charge is 0.414 e. The fourth-order valence-electron chi connectivity index (χ4n) is 2.40. The molecule has 0 spiro atoms. The molecule has 0 saturated carbocycles. The highest BCUT2D eigenvalue weighted by Crippen LogP contribution is 2.09. The largest absolute Gasteiger partial charge is 0.480 e. The van der Waals surface area contributed by atoms with Gasteiger partial charge in [-0.1, -0.05) is 0 Å². The molecule has 0 aliphatic rings. The predicted octanol–water partition coefficient (Wildman–Crippen LogP) is 2.27. The van der Waals surface area contributed by atoms with Gasteiger partial charge in [0.25, 0.3) is 0 Å². The highest BCUT2D eigenvalue weighted by molar-refractivity contribution is 6.01. The molecular weight excluding hydrogens is 490 g/mol. The number of alkyl carbamates (subject to hydrolysis) is 3. The van der Waals surface area contributed by atoms with E-state index in [0.717, 1.165) is 0 Å². The van der Waals surface area contributed by atoms with Gasteiger partial charge in [-0.2, -0.15) is 0 Å². The minimum atomic E-state index is -1.25. The van der Waals surface area contributed by atoms with Gasteiger partial charge in [0.05, 0.1) is 0 Å². The molecule has 14 nitrogen and oxygen atoms in total. The first-order valence-electron chi connectivity index (χ1n) is 11.7. The Morgan fingerprint density at radius 2 is 1.19 bits per heavy atom. The molecule has 0 heterocycles. The molecule has 0 aliphatic carbocycles. The molecule has 4 amide bonds. The summed E-state index contributed by atoms with van der Waals surface area (Å²) in [5, 5.41) is 18.1. The number of carbonyl (C=O) groups excluding carboxylic acids is 4. The molecule has 0 radical (unpaired) electrons. The van der Waals surface area contributed by atoms with Crippen molar-refractivity contribution in [1.29, 1.82) is 0 Å². The van der Waals surface area contributed by atoms with Crippen LogP contribution in [0.15, 0.2) is 4.99 Å². The number of rotatable bonds is 8. The zero-order chi connectivity index (χ0) is 29.0. The first kappa shape index (κ1) is 33.4. The molecule has 0 rings (SSSR count). The Morgan fingerprint density at radius 1 is 0.757 bits per heavy atom. The van der Waals surface area contributed by atoms with Gasteiger partial charge in [0.15, 0.2) is 0 Å². The molecule has 0 aromatic carbocycles. The van der Waals surface area contributed by atoms with Gasteiger partial charge in [0.2, 0.25) is 11.9 Å². The van der Waals surface area contributed by atoms with Crippen LogP contribution < -0.4 is 21.3 Å². The topological polar surface area (TPSA) is 194 Å². The van der Waals surface area contributed by atoms with Crippen LogP contribution in [0, 0.1) is 0 Å². The Labute approximate surface area is 217 Å². The monoisotopic (exact) mass is 531 g/mol.